The number of aryl methyl sites for hydroxylation is 1. The van der Waals surface area contributed by atoms with Crippen molar-refractivity contribution >= 4 is 11.6 Å². The van der Waals surface area contributed by atoms with Gasteiger partial charge in [0.1, 0.15) is 17.3 Å². The van der Waals surface area contributed by atoms with Crippen molar-refractivity contribution in [1.82, 2.24) is 9.78 Å². The van der Waals surface area contributed by atoms with E-state index < -0.39 is 0 Å². The SMILES string of the molecule is COc1ccc(N2C(=O)c3c(c(CC(C)C)nn3C)C2c2ccc(F)cc2)cc1. The minimum Gasteiger partial charge on any atom is -0.497 e. The minimum absolute atomic E-state index is 0.107. The number of hydrogen-bond donors (Lipinski definition) is 0. The van der Waals surface area contributed by atoms with Crippen LogP contribution in [0.3, 0.4) is 0 Å². The van der Waals surface area contributed by atoms with Crippen LogP contribution >= 0.6 is 0 Å². The van der Waals surface area contributed by atoms with Gasteiger partial charge in [0.05, 0.1) is 18.8 Å². The normalized spacial score (nSPS) is 15.9. The zero-order valence-electron chi connectivity index (χ0n) is 17.0. The lowest BCUT2D eigenvalue weighted by Gasteiger charge is -2.27. The molecular weight excluding hydrogens is 369 g/mol. The molecule has 6 heteroatoms. The molecule has 0 radical (unpaired) electrons. The number of carbonyl (C=O) groups is 1. The number of aromatic nitrogens is 2. The molecule has 0 saturated heterocycles. The van der Waals surface area contributed by atoms with Crippen molar-refractivity contribution in [2.24, 2.45) is 13.0 Å². The van der Waals surface area contributed by atoms with Crippen LogP contribution < -0.4 is 9.64 Å². The molecule has 1 aliphatic heterocycles. The molecule has 1 unspecified atom stereocenters. The second-order valence-corrected chi connectivity index (χ2v) is 7.76. The van der Waals surface area contributed by atoms with Crippen LogP contribution in [-0.4, -0.2) is 22.8 Å². The molecule has 0 fully saturated rings. The van der Waals surface area contributed by atoms with Crippen molar-refractivity contribution in [1.29, 1.82) is 0 Å². The molecule has 0 bridgehead atoms. The molecule has 1 aliphatic rings. The van der Waals surface area contributed by atoms with Crippen LogP contribution in [0, 0.1) is 11.7 Å². The molecule has 1 aromatic heterocycles. The van der Waals surface area contributed by atoms with E-state index in [0.717, 1.165) is 34.7 Å². The van der Waals surface area contributed by atoms with Crippen molar-refractivity contribution in [3.8, 4) is 5.75 Å². The van der Waals surface area contributed by atoms with Crippen LogP contribution in [0.4, 0.5) is 10.1 Å². The summed E-state index contributed by atoms with van der Waals surface area (Å²) < 4.78 is 20.5. The predicted octanol–water partition coefficient (Wildman–Crippen LogP) is 4.52. The third-order valence-corrected chi connectivity index (χ3v) is 5.25. The Kier molecular flexibility index (Phi) is 4.86. The number of carbonyl (C=O) groups excluding carboxylic acids is 1. The lowest BCUT2D eigenvalue weighted by atomic mass is 9.95. The number of ether oxygens (including phenoxy) is 1. The third-order valence-electron chi connectivity index (χ3n) is 5.25. The van der Waals surface area contributed by atoms with Crippen LogP contribution in [-0.2, 0) is 13.5 Å². The summed E-state index contributed by atoms with van der Waals surface area (Å²) in [6.07, 6.45) is 0.768. The Morgan fingerprint density at radius 1 is 1.10 bits per heavy atom. The van der Waals surface area contributed by atoms with Gasteiger partial charge in [0, 0.05) is 18.3 Å². The quantitative estimate of drug-likeness (QED) is 0.641. The zero-order valence-corrected chi connectivity index (χ0v) is 17.0. The average molecular weight is 393 g/mol. The molecule has 3 aromatic rings. The highest BCUT2D eigenvalue weighted by molar-refractivity contribution is 6.11. The third kappa shape index (κ3) is 3.28. The van der Waals surface area contributed by atoms with Crippen molar-refractivity contribution in [2.75, 3.05) is 12.0 Å². The van der Waals surface area contributed by atoms with Crippen LogP contribution in [0.5, 0.6) is 5.75 Å². The van der Waals surface area contributed by atoms with E-state index in [0.29, 0.717) is 11.6 Å². The van der Waals surface area contributed by atoms with E-state index in [1.165, 1.54) is 12.1 Å². The highest BCUT2D eigenvalue weighted by atomic mass is 19.1. The first-order chi connectivity index (χ1) is 13.9. The first-order valence-corrected chi connectivity index (χ1v) is 9.69. The second kappa shape index (κ2) is 7.35. The maximum Gasteiger partial charge on any atom is 0.277 e. The summed E-state index contributed by atoms with van der Waals surface area (Å²) in [7, 11) is 3.41. The molecule has 4 rings (SSSR count). The molecule has 0 aliphatic carbocycles. The van der Waals surface area contributed by atoms with Gasteiger partial charge < -0.3 is 4.74 Å². The van der Waals surface area contributed by atoms with E-state index in [1.54, 1.807) is 35.9 Å². The van der Waals surface area contributed by atoms with Gasteiger partial charge in [0.25, 0.3) is 5.91 Å². The molecule has 2 aromatic carbocycles. The molecule has 1 amide bonds. The molecule has 0 N–H and O–H groups in total. The summed E-state index contributed by atoms with van der Waals surface area (Å²) in [5.41, 5.74) is 4.03. The summed E-state index contributed by atoms with van der Waals surface area (Å²) in [6, 6.07) is 13.4. The van der Waals surface area contributed by atoms with Gasteiger partial charge in [-0.3, -0.25) is 14.4 Å². The largest absolute Gasteiger partial charge is 0.497 e. The molecule has 0 saturated carbocycles. The first-order valence-electron chi connectivity index (χ1n) is 9.69. The Labute approximate surface area is 169 Å². The van der Waals surface area contributed by atoms with Gasteiger partial charge in [0.15, 0.2) is 0 Å². The zero-order chi connectivity index (χ0) is 20.7. The van der Waals surface area contributed by atoms with Crippen molar-refractivity contribution in [2.45, 2.75) is 26.3 Å². The maximum absolute atomic E-state index is 13.6. The number of hydrogen-bond acceptors (Lipinski definition) is 3. The van der Waals surface area contributed by atoms with E-state index in [2.05, 4.69) is 18.9 Å². The van der Waals surface area contributed by atoms with Crippen molar-refractivity contribution < 1.29 is 13.9 Å². The number of halogens is 1. The van der Waals surface area contributed by atoms with Crippen LogP contribution in [0.2, 0.25) is 0 Å². The number of rotatable bonds is 5. The molecule has 2 heterocycles. The predicted molar refractivity (Wildman–Crippen MR) is 110 cm³/mol. The van der Waals surface area contributed by atoms with E-state index >= 15 is 0 Å². The summed E-state index contributed by atoms with van der Waals surface area (Å²) in [5.74, 6) is 0.707. The van der Waals surface area contributed by atoms with Crippen LogP contribution in [0.1, 0.15) is 47.2 Å². The number of nitrogens with zero attached hydrogens (tertiary/aromatic N) is 3. The maximum atomic E-state index is 13.6. The minimum atomic E-state index is -0.353. The van der Waals surface area contributed by atoms with Gasteiger partial charge >= 0.3 is 0 Å². The number of benzene rings is 2. The summed E-state index contributed by atoms with van der Waals surface area (Å²) in [5, 5.41) is 4.65. The molecule has 150 valence electrons. The molecule has 1 atom stereocenters. The molecule has 29 heavy (non-hydrogen) atoms. The number of fused-ring (bicyclic) bond motifs is 1. The van der Waals surface area contributed by atoms with Gasteiger partial charge in [-0.1, -0.05) is 26.0 Å². The second-order valence-electron chi connectivity index (χ2n) is 7.76. The first kappa shape index (κ1) is 19.2. The monoisotopic (exact) mass is 393 g/mol. The van der Waals surface area contributed by atoms with Crippen LogP contribution in [0.25, 0.3) is 0 Å². The Bertz CT molecular complexity index is 1040. The average Bonchev–Trinajstić information content (AvgIpc) is 3.17. The summed E-state index contributed by atoms with van der Waals surface area (Å²) >= 11 is 0. The topological polar surface area (TPSA) is 47.4 Å². The fourth-order valence-corrected chi connectivity index (χ4v) is 4.00. The van der Waals surface area contributed by atoms with Gasteiger partial charge in [0.2, 0.25) is 0 Å². The lowest BCUT2D eigenvalue weighted by molar-refractivity contribution is 0.0985. The Hall–Kier alpha value is -3.15. The Balaban J connectivity index is 1.90. The van der Waals surface area contributed by atoms with E-state index in [1.807, 2.05) is 24.3 Å². The Morgan fingerprint density at radius 2 is 1.76 bits per heavy atom. The van der Waals surface area contributed by atoms with Gasteiger partial charge in [-0.15, -0.1) is 0 Å². The van der Waals surface area contributed by atoms with E-state index in [-0.39, 0.29) is 17.8 Å². The van der Waals surface area contributed by atoms with Crippen molar-refractivity contribution in [3.05, 3.63) is 76.9 Å². The highest BCUT2D eigenvalue weighted by Gasteiger charge is 2.43. The van der Waals surface area contributed by atoms with Crippen LogP contribution in [0.15, 0.2) is 48.5 Å². The fourth-order valence-electron chi connectivity index (χ4n) is 4.00. The van der Waals surface area contributed by atoms with Gasteiger partial charge in [-0.25, -0.2) is 4.39 Å². The number of anilines is 1. The van der Waals surface area contributed by atoms with Crippen molar-refractivity contribution in [3.63, 3.8) is 0 Å². The number of amides is 1. The van der Waals surface area contributed by atoms with Gasteiger partial charge in [-0.05, 0) is 54.3 Å². The van der Waals surface area contributed by atoms with E-state index in [9.17, 15) is 9.18 Å². The lowest BCUT2D eigenvalue weighted by Crippen LogP contribution is -2.30. The molecule has 5 nitrogen and oxygen atoms in total. The molecule has 0 spiro atoms. The number of methoxy groups -OCH3 is 1. The van der Waals surface area contributed by atoms with Gasteiger partial charge in [-0.2, -0.15) is 5.10 Å². The Morgan fingerprint density at radius 3 is 2.34 bits per heavy atom. The smallest absolute Gasteiger partial charge is 0.277 e. The summed E-state index contributed by atoms with van der Waals surface area (Å²) in [4.78, 5) is 15.2. The standard InChI is InChI=1S/C23H24FN3O2/c1-14(2)13-19-20-21(15-5-7-16(24)8-6-15)27(23(28)22(20)26(3)25-19)17-9-11-18(29-4)12-10-17/h5-12,14,21H,13H2,1-4H3. The highest BCUT2D eigenvalue weighted by Crippen LogP contribution is 2.43. The molecular formula is C23H24FN3O2. The van der Waals surface area contributed by atoms with E-state index in [4.69, 9.17) is 4.74 Å². The summed E-state index contributed by atoms with van der Waals surface area (Å²) in [6.45, 7) is 4.26. The fraction of sp³-hybridized carbons (Fsp3) is 0.304.